The molecular weight excluding hydrogens is 182 g/mol. The summed E-state index contributed by atoms with van der Waals surface area (Å²) in [4.78, 5) is 13.0. The first-order chi connectivity index (χ1) is 6.77. The number of likely N-dealkylation sites (tertiary alicyclic amines) is 1. The first-order valence-electron chi connectivity index (χ1n) is 4.91. The summed E-state index contributed by atoms with van der Waals surface area (Å²) in [6.07, 6.45) is 3.23. The molecule has 1 fully saturated rings. The highest BCUT2D eigenvalue weighted by Crippen LogP contribution is 2.13. The van der Waals surface area contributed by atoms with Crippen LogP contribution in [0.15, 0.2) is 12.7 Å². The average molecular weight is 199 g/mol. The van der Waals surface area contributed by atoms with E-state index in [-0.39, 0.29) is 18.6 Å². The number of carbonyl (C=O) groups is 1. The van der Waals surface area contributed by atoms with Crippen LogP contribution in [0.4, 0.5) is 0 Å². The number of piperidine rings is 1. The van der Waals surface area contributed by atoms with Crippen molar-refractivity contribution in [3.05, 3.63) is 12.7 Å². The molecular formula is C10H17NO3. The van der Waals surface area contributed by atoms with Crippen molar-refractivity contribution in [2.24, 2.45) is 0 Å². The Bertz CT molecular complexity index is 198. The van der Waals surface area contributed by atoms with E-state index in [1.807, 2.05) is 0 Å². The first kappa shape index (κ1) is 11.2. The van der Waals surface area contributed by atoms with E-state index in [1.165, 1.54) is 6.08 Å². The van der Waals surface area contributed by atoms with Gasteiger partial charge in [0, 0.05) is 13.1 Å². The molecule has 80 valence electrons. The fourth-order valence-corrected chi connectivity index (χ4v) is 1.59. The Morgan fingerprint density at radius 1 is 1.57 bits per heavy atom. The maximum absolute atomic E-state index is 11.2. The van der Waals surface area contributed by atoms with Gasteiger partial charge in [0.15, 0.2) is 0 Å². The smallest absolute Gasteiger partial charge is 0.245 e. The van der Waals surface area contributed by atoms with E-state index in [1.54, 1.807) is 4.90 Å². The summed E-state index contributed by atoms with van der Waals surface area (Å²) in [5.41, 5.74) is 0. The largest absolute Gasteiger partial charge is 0.394 e. The summed E-state index contributed by atoms with van der Waals surface area (Å²) in [5.74, 6) is -0.00870. The van der Waals surface area contributed by atoms with Gasteiger partial charge in [0.1, 0.15) is 0 Å². The van der Waals surface area contributed by atoms with Crippen LogP contribution in [0.3, 0.4) is 0 Å². The van der Waals surface area contributed by atoms with Gasteiger partial charge in [-0.3, -0.25) is 4.79 Å². The van der Waals surface area contributed by atoms with E-state index >= 15 is 0 Å². The molecule has 0 aromatic heterocycles. The number of amides is 1. The fourth-order valence-electron chi connectivity index (χ4n) is 1.59. The lowest BCUT2D eigenvalue weighted by molar-refractivity contribution is -0.128. The van der Waals surface area contributed by atoms with Gasteiger partial charge in [0.2, 0.25) is 5.91 Å². The topological polar surface area (TPSA) is 49.8 Å². The highest BCUT2D eigenvalue weighted by atomic mass is 16.5. The maximum Gasteiger partial charge on any atom is 0.245 e. The van der Waals surface area contributed by atoms with E-state index in [9.17, 15) is 4.79 Å². The van der Waals surface area contributed by atoms with Crippen LogP contribution in [-0.4, -0.2) is 48.3 Å². The molecule has 0 aromatic rings. The van der Waals surface area contributed by atoms with Crippen molar-refractivity contribution in [1.82, 2.24) is 4.90 Å². The lowest BCUT2D eigenvalue weighted by atomic mass is 10.1. The Morgan fingerprint density at radius 2 is 2.21 bits per heavy atom. The summed E-state index contributed by atoms with van der Waals surface area (Å²) in [7, 11) is 0. The standard InChI is InChI=1S/C10H17NO3/c1-2-10(13)11-5-3-9(4-6-11)14-8-7-12/h2,9,12H,1,3-8H2. The van der Waals surface area contributed by atoms with E-state index in [0.717, 1.165) is 25.9 Å². The molecule has 4 heteroatoms. The number of aliphatic hydroxyl groups excluding tert-OH is 1. The van der Waals surface area contributed by atoms with Crippen LogP contribution in [0, 0.1) is 0 Å². The number of ether oxygens (including phenoxy) is 1. The van der Waals surface area contributed by atoms with Crippen LogP contribution in [0.25, 0.3) is 0 Å². The summed E-state index contributed by atoms with van der Waals surface area (Å²) in [6, 6.07) is 0. The molecule has 1 amide bonds. The minimum atomic E-state index is -0.00870. The van der Waals surface area contributed by atoms with Gasteiger partial charge in [-0.2, -0.15) is 0 Å². The highest BCUT2D eigenvalue weighted by Gasteiger charge is 2.21. The monoisotopic (exact) mass is 199 g/mol. The minimum absolute atomic E-state index is 0.00870. The molecule has 0 atom stereocenters. The Morgan fingerprint density at radius 3 is 2.71 bits per heavy atom. The van der Waals surface area contributed by atoms with Crippen molar-refractivity contribution in [3.63, 3.8) is 0 Å². The lowest BCUT2D eigenvalue weighted by Gasteiger charge is -2.31. The van der Waals surface area contributed by atoms with Crippen LogP contribution < -0.4 is 0 Å². The van der Waals surface area contributed by atoms with Gasteiger partial charge in [0.25, 0.3) is 0 Å². The molecule has 1 aliphatic heterocycles. The zero-order valence-electron chi connectivity index (χ0n) is 8.32. The molecule has 4 nitrogen and oxygen atoms in total. The third-order valence-corrected chi connectivity index (χ3v) is 2.37. The van der Waals surface area contributed by atoms with E-state index < -0.39 is 0 Å². The Hall–Kier alpha value is -0.870. The molecule has 1 saturated heterocycles. The fraction of sp³-hybridized carbons (Fsp3) is 0.700. The molecule has 0 aliphatic carbocycles. The van der Waals surface area contributed by atoms with Gasteiger partial charge in [0.05, 0.1) is 19.3 Å². The molecule has 1 aliphatic rings. The molecule has 0 aromatic carbocycles. The Labute approximate surface area is 84.2 Å². The number of aliphatic hydroxyl groups is 1. The summed E-state index contributed by atoms with van der Waals surface area (Å²) in [5, 5.41) is 8.57. The molecule has 0 bridgehead atoms. The SMILES string of the molecule is C=CC(=O)N1CCC(OCCO)CC1. The zero-order valence-corrected chi connectivity index (χ0v) is 8.32. The maximum atomic E-state index is 11.2. The quantitative estimate of drug-likeness (QED) is 0.657. The van der Waals surface area contributed by atoms with Crippen LogP contribution in [0.1, 0.15) is 12.8 Å². The third-order valence-electron chi connectivity index (χ3n) is 2.37. The van der Waals surface area contributed by atoms with Gasteiger partial charge in [-0.1, -0.05) is 6.58 Å². The number of hydrogen-bond donors (Lipinski definition) is 1. The number of hydrogen-bond acceptors (Lipinski definition) is 3. The van der Waals surface area contributed by atoms with Gasteiger partial charge < -0.3 is 14.7 Å². The lowest BCUT2D eigenvalue weighted by Crippen LogP contribution is -2.40. The number of rotatable bonds is 4. The molecule has 1 rings (SSSR count). The van der Waals surface area contributed by atoms with Crippen molar-refractivity contribution in [2.45, 2.75) is 18.9 Å². The molecule has 0 unspecified atom stereocenters. The van der Waals surface area contributed by atoms with E-state index in [4.69, 9.17) is 9.84 Å². The molecule has 1 heterocycles. The zero-order chi connectivity index (χ0) is 10.4. The molecule has 14 heavy (non-hydrogen) atoms. The van der Waals surface area contributed by atoms with Crippen molar-refractivity contribution < 1.29 is 14.6 Å². The average Bonchev–Trinajstić information content (AvgIpc) is 2.26. The van der Waals surface area contributed by atoms with Gasteiger partial charge in [-0.05, 0) is 18.9 Å². The minimum Gasteiger partial charge on any atom is -0.394 e. The second-order valence-corrected chi connectivity index (χ2v) is 3.32. The Kier molecular flexibility index (Phi) is 4.62. The number of nitrogens with zero attached hydrogens (tertiary/aromatic N) is 1. The van der Waals surface area contributed by atoms with Crippen LogP contribution in [0.5, 0.6) is 0 Å². The summed E-state index contributed by atoms with van der Waals surface area (Å²) < 4.78 is 5.38. The third kappa shape index (κ3) is 3.12. The van der Waals surface area contributed by atoms with Gasteiger partial charge in [-0.15, -0.1) is 0 Å². The van der Waals surface area contributed by atoms with Crippen LogP contribution in [0.2, 0.25) is 0 Å². The molecule has 0 saturated carbocycles. The number of carbonyl (C=O) groups excluding carboxylic acids is 1. The van der Waals surface area contributed by atoms with E-state index in [0.29, 0.717) is 6.61 Å². The van der Waals surface area contributed by atoms with Gasteiger partial charge in [-0.25, -0.2) is 0 Å². The normalized spacial score (nSPS) is 18.2. The Balaban J connectivity index is 2.24. The predicted octanol–water partition coefficient (Wildman–Crippen LogP) is 0.172. The second-order valence-electron chi connectivity index (χ2n) is 3.32. The second kappa shape index (κ2) is 5.78. The molecule has 0 radical (unpaired) electrons. The molecule has 0 spiro atoms. The van der Waals surface area contributed by atoms with Crippen LogP contribution in [-0.2, 0) is 9.53 Å². The van der Waals surface area contributed by atoms with Gasteiger partial charge >= 0.3 is 0 Å². The van der Waals surface area contributed by atoms with E-state index in [2.05, 4.69) is 6.58 Å². The van der Waals surface area contributed by atoms with Crippen molar-refractivity contribution in [3.8, 4) is 0 Å². The first-order valence-corrected chi connectivity index (χ1v) is 4.91. The summed E-state index contributed by atoms with van der Waals surface area (Å²) >= 11 is 0. The van der Waals surface area contributed by atoms with Crippen LogP contribution >= 0.6 is 0 Å². The summed E-state index contributed by atoms with van der Waals surface area (Å²) in [6.45, 7) is 5.35. The van der Waals surface area contributed by atoms with Crippen molar-refractivity contribution >= 4 is 5.91 Å². The molecule has 1 N–H and O–H groups in total. The predicted molar refractivity (Wildman–Crippen MR) is 52.8 cm³/mol. The highest BCUT2D eigenvalue weighted by molar-refractivity contribution is 5.87. The van der Waals surface area contributed by atoms with Crippen molar-refractivity contribution in [1.29, 1.82) is 0 Å². The van der Waals surface area contributed by atoms with Crippen molar-refractivity contribution in [2.75, 3.05) is 26.3 Å².